The molecule has 3 aliphatic heterocycles. The lowest BCUT2D eigenvalue weighted by atomic mass is 9.74. The average Bonchev–Trinajstić information content (AvgIpc) is 3.13. The molecule has 0 bridgehead atoms. The summed E-state index contributed by atoms with van der Waals surface area (Å²) >= 11 is 0. The van der Waals surface area contributed by atoms with Crippen LogP contribution < -0.4 is 5.32 Å². The minimum absolute atomic E-state index is 0.178. The van der Waals surface area contributed by atoms with Crippen LogP contribution in [0.15, 0.2) is 12.4 Å². The van der Waals surface area contributed by atoms with Crippen LogP contribution in [0.1, 0.15) is 44.1 Å². The Kier molecular flexibility index (Phi) is 5.67. The molecular weight excluding hydrogens is 392 g/mol. The fourth-order valence-corrected chi connectivity index (χ4v) is 5.86. The van der Waals surface area contributed by atoms with E-state index in [1.54, 1.807) is 0 Å². The van der Waals surface area contributed by atoms with Gasteiger partial charge in [0.1, 0.15) is 0 Å². The molecule has 1 N–H and O–H groups in total. The second-order valence-electron chi connectivity index (χ2n) is 10.2. The first-order valence-electron chi connectivity index (χ1n) is 12.1. The summed E-state index contributed by atoms with van der Waals surface area (Å²) in [5.41, 5.74) is 0.787. The monoisotopic (exact) mass is 428 g/mol. The van der Waals surface area contributed by atoms with Gasteiger partial charge in [0.25, 0.3) is 0 Å². The number of hydrogen-bond donors (Lipinski definition) is 1. The topological polar surface area (TPSA) is 73.7 Å². The van der Waals surface area contributed by atoms with E-state index in [-0.39, 0.29) is 17.9 Å². The first-order chi connectivity index (χ1) is 15.0. The molecule has 1 aromatic rings. The number of carbonyl (C=O) groups excluding carboxylic acids is 2. The highest BCUT2D eigenvalue weighted by Gasteiger charge is 2.53. The predicted molar refractivity (Wildman–Crippen MR) is 117 cm³/mol. The highest BCUT2D eigenvalue weighted by atomic mass is 16.2. The lowest BCUT2D eigenvalue weighted by Gasteiger charge is -2.33. The Morgan fingerprint density at radius 1 is 1.13 bits per heavy atom. The van der Waals surface area contributed by atoms with E-state index < -0.39 is 5.41 Å². The van der Waals surface area contributed by atoms with Crippen LogP contribution in [0.25, 0.3) is 0 Å². The van der Waals surface area contributed by atoms with Crippen molar-refractivity contribution in [1.29, 1.82) is 0 Å². The zero-order valence-electron chi connectivity index (χ0n) is 18.8. The summed E-state index contributed by atoms with van der Waals surface area (Å²) in [6.07, 6.45) is 10.4. The maximum atomic E-state index is 13.6. The van der Waals surface area contributed by atoms with Gasteiger partial charge in [0, 0.05) is 77.1 Å². The molecule has 4 heterocycles. The normalized spacial score (nSPS) is 29.1. The number of nitrogens with one attached hydrogen (secondary N) is 1. The highest BCUT2D eigenvalue weighted by Crippen LogP contribution is 2.44. The van der Waals surface area contributed by atoms with Crippen molar-refractivity contribution in [2.75, 3.05) is 45.8 Å². The van der Waals surface area contributed by atoms with Crippen LogP contribution in [0.2, 0.25) is 0 Å². The average molecular weight is 429 g/mol. The number of aromatic nitrogens is 2. The fourth-order valence-electron chi connectivity index (χ4n) is 5.86. The quantitative estimate of drug-likeness (QED) is 0.774. The van der Waals surface area contributed by atoms with Crippen LogP contribution in [-0.4, -0.2) is 82.2 Å². The van der Waals surface area contributed by atoms with E-state index in [1.807, 2.05) is 27.7 Å². The van der Waals surface area contributed by atoms with E-state index in [0.29, 0.717) is 12.5 Å². The minimum atomic E-state index is -0.392. The number of carbonyl (C=O) groups is 2. The summed E-state index contributed by atoms with van der Waals surface area (Å²) in [6.45, 7) is 6.46. The van der Waals surface area contributed by atoms with Gasteiger partial charge in [-0.1, -0.05) is 0 Å². The molecule has 1 aromatic heterocycles. The molecule has 3 saturated heterocycles. The Bertz CT molecular complexity index is 815. The number of amides is 3. The number of urea groups is 1. The van der Waals surface area contributed by atoms with Gasteiger partial charge in [0.2, 0.25) is 5.91 Å². The van der Waals surface area contributed by atoms with Crippen molar-refractivity contribution < 1.29 is 9.59 Å². The third-order valence-electron chi connectivity index (χ3n) is 7.77. The second-order valence-corrected chi connectivity index (χ2v) is 10.2. The van der Waals surface area contributed by atoms with Gasteiger partial charge in [0.15, 0.2) is 0 Å². The molecule has 170 valence electrons. The summed E-state index contributed by atoms with van der Waals surface area (Å²) in [5, 5.41) is 7.60. The van der Waals surface area contributed by atoms with Crippen LogP contribution in [-0.2, 0) is 18.4 Å². The number of likely N-dealkylation sites (tertiary alicyclic amines) is 3. The minimum Gasteiger partial charge on any atom is -0.355 e. The molecule has 0 spiro atoms. The fraction of sp³-hybridized carbons (Fsp3) is 0.783. The third-order valence-corrected chi connectivity index (χ3v) is 7.77. The second kappa shape index (κ2) is 8.45. The molecule has 1 aliphatic carbocycles. The first kappa shape index (κ1) is 20.8. The van der Waals surface area contributed by atoms with E-state index in [1.165, 1.54) is 18.4 Å². The Hall–Kier alpha value is -2.09. The molecule has 4 aliphatic rings. The highest BCUT2D eigenvalue weighted by molar-refractivity contribution is 5.84. The molecular formula is C23H36N6O2. The van der Waals surface area contributed by atoms with Gasteiger partial charge in [0.05, 0.1) is 11.6 Å². The van der Waals surface area contributed by atoms with Crippen molar-refractivity contribution in [3.05, 3.63) is 18.0 Å². The van der Waals surface area contributed by atoms with E-state index >= 15 is 0 Å². The summed E-state index contributed by atoms with van der Waals surface area (Å²) in [4.78, 5) is 33.1. The lowest BCUT2D eigenvalue weighted by molar-refractivity contribution is -0.133. The number of fused-ring (bicyclic) bond motifs is 1. The van der Waals surface area contributed by atoms with E-state index in [9.17, 15) is 9.59 Å². The molecule has 8 nitrogen and oxygen atoms in total. The third kappa shape index (κ3) is 4.31. The van der Waals surface area contributed by atoms with Gasteiger partial charge in [-0.2, -0.15) is 5.10 Å². The smallest absolute Gasteiger partial charge is 0.320 e. The molecule has 31 heavy (non-hydrogen) atoms. The van der Waals surface area contributed by atoms with E-state index in [4.69, 9.17) is 0 Å². The largest absolute Gasteiger partial charge is 0.355 e. The lowest BCUT2D eigenvalue weighted by Crippen LogP contribution is -2.49. The number of rotatable bonds is 5. The summed E-state index contributed by atoms with van der Waals surface area (Å²) < 4.78 is 1.83. The van der Waals surface area contributed by atoms with E-state index in [2.05, 4.69) is 21.5 Å². The van der Waals surface area contributed by atoms with Crippen molar-refractivity contribution >= 4 is 11.9 Å². The Morgan fingerprint density at radius 2 is 1.90 bits per heavy atom. The summed E-state index contributed by atoms with van der Waals surface area (Å²) in [7, 11) is 1.94. The molecule has 1 saturated carbocycles. The standard InChI is InChI=1S/C23H36N6O2/c1-26-13-19(12-25-26)14-27-15-20-16-29(22(31)28-8-2-3-9-28)10-4-7-23(20,17-27)21(30)24-11-18-5-6-18/h12-13,18,20H,2-11,14-17H2,1H3,(H,24,30)/t20-,23+/m0/s1. The maximum Gasteiger partial charge on any atom is 0.320 e. The molecule has 0 aromatic carbocycles. The Labute approximate surface area is 184 Å². The molecule has 0 radical (unpaired) electrons. The number of nitrogens with zero attached hydrogens (tertiary/aromatic N) is 5. The van der Waals surface area contributed by atoms with Gasteiger partial charge >= 0.3 is 6.03 Å². The van der Waals surface area contributed by atoms with Crippen LogP contribution in [0.3, 0.4) is 0 Å². The first-order valence-corrected chi connectivity index (χ1v) is 12.1. The zero-order valence-corrected chi connectivity index (χ0v) is 18.8. The predicted octanol–water partition coefficient (Wildman–Crippen LogP) is 1.68. The van der Waals surface area contributed by atoms with Gasteiger partial charge < -0.3 is 15.1 Å². The van der Waals surface area contributed by atoms with Gasteiger partial charge in [-0.25, -0.2) is 4.79 Å². The van der Waals surface area contributed by atoms with Crippen molar-refractivity contribution in [3.63, 3.8) is 0 Å². The number of aryl methyl sites for hydroxylation is 1. The SMILES string of the molecule is Cn1cc(CN2C[C@H]3CN(C(=O)N4CCCC4)CCC[C@@]3(C(=O)NCC3CC3)C2)cn1. The number of hydrogen-bond acceptors (Lipinski definition) is 4. The van der Waals surface area contributed by atoms with Gasteiger partial charge in [-0.05, 0) is 44.4 Å². The van der Waals surface area contributed by atoms with Crippen molar-refractivity contribution in [3.8, 4) is 0 Å². The molecule has 3 amide bonds. The van der Waals surface area contributed by atoms with Crippen molar-refractivity contribution in [1.82, 2.24) is 29.8 Å². The van der Waals surface area contributed by atoms with Crippen LogP contribution >= 0.6 is 0 Å². The van der Waals surface area contributed by atoms with Crippen molar-refractivity contribution in [2.24, 2.45) is 24.3 Å². The van der Waals surface area contributed by atoms with Crippen LogP contribution in [0.5, 0.6) is 0 Å². The van der Waals surface area contributed by atoms with Gasteiger partial charge in [-0.3, -0.25) is 14.4 Å². The van der Waals surface area contributed by atoms with Gasteiger partial charge in [-0.15, -0.1) is 0 Å². The summed E-state index contributed by atoms with van der Waals surface area (Å²) in [6, 6.07) is 0.178. The zero-order chi connectivity index (χ0) is 21.4. The van der Waals surface area contributed by atoms with Crippen molar-refractivity contribution in [2.45, 2.75) is 45.1 Å². The van der Waals surface area contributed by atoms with Crippen LogP contribution in [0, 0.1) is 17.3 Å². The molecule has 8 heteroatoms. The van der Waals surface area contributed by atoms with Crippen LogP contribution in [0.4, 0.5) is 4.79 Å². The van der Waals surface area contributed by atoms with E-state index in [0.717, 1.165) is 71.5 Å². The Balaban J connectivity index is 1.33. The summed E-state index contributed by atoms with van der Waals surface area (Å²) in [5.74, 6) is 1.07. The molecule has 5 rings (SSSR count). The molecule has 2 atom stereocenters. The Morgan fingerprint density at radius 3 is 2.61 bits per heavy atom. The maximum absolute atomic E-state index is 13.6. The molecule has 0 unspecified atom stereocenters. The molecule has 4 fully saturated rings.